The SMILES string of the molecule is COC(OC)C(C)NCC1(O)CCC1. The number of nitrogens with one attached hydrogen (secondary N) is 1. The van der Waals surface area contributed by atoms with Crippen molar-refractivity contribution in [2.75, 3.05) is 20.8 Å². The lowest BCUT2D eigenvalue weighted by molar-refractivity contribution is -0.124. The van der Waals surface area contributed by atoms with E-state index in [0.717, 1.165) is 19.3 Å². The first-order valence-corrected chi connectivity index (χ1v) is 5.13. The summed E-state index contributed by atoms with van der Waals surface area (Å²) in [4.78, 5) is 0. The van der Waals surface area contributed by atoms with Crippen LogP contribution in [0.25, 0.3) is 0 Å². The molecule has 14 heavy (non-hydrogen) atoms. The van der Waals surface area contributed by atoms with Gasteiger partial charge in [-0.3, -0.25) is 0 Å². The second-order valence-corrected chi connectivity index (χ2v) is 4.09. The van der Waals surface area contributed by atoms with Gasteiger partial charge in [0.2, 0.25) is 0 Å². The van der Waals surface area contributed by atoms with Crippen LogP contribution in [-0.2, 0) is 9.47 Å². The van der Waals surface area contributed by atoms with Crippen LogP contribution in [0, 0.1) is 0 Å². The Hall–Kier alpha value is -0.160. The number of methoxy groups -OCH3 is 2. The fourth-order valence-electron chi connectivity index (χ4n) is 1.71. The largest absolute Gasteiger partial charge is 0.389 e. The minimum Gasteiger partial charge on any atom is -0.389 e. The molecule has 4 nitrogen and oxygen atoms in total. The van der Waals surface area contributed by atoms with Gasteiger partial charge in [0, 0.05) is 20.8 Å². The summed E-state index contributed by atoms with van der Waals surface area (Å²) in [5.41, 5.74) is -0.486. The van der Waals surface area contributed by atoms with Crippen molar-refractivity contribution >= 4 is 0 Å². The van der Waals surface area contributed by atoms with E-state index in [4.69, 9.17) is 9.47 Å². The van der Waals surface area contributed by atoms with Gasteiger partial charge in [0.15, 0.2) is 6.29 Å². The molecule has 1 aliphatic carbocycles. The van der Waals surface area contributed by atoms with E-state index in [1.54, 1.807) is 14.2 Å². The van der Waals surface area contributed by atoms with Gasteiger partial charge >= 0.3 is 0 Å². The highest BCUT2D eigenvalue weighted by Crippen LogP contribution is 2.30. The van der Waals surface area contributed by atoms with Crippen molar-refractivity contribution in [1.82, 2.24) is 5.32 Å². The molecule has 0 aliphatic heterocycles. The zero-order chi connectivity index (χ0) is 10.6. The number of aliphatic hydroxyl groups is 1. The molecule has 1 atom stereocenters. The standard InChI is InChI=1S/C10H21NO3/c1-8(9(13-2)14-3)11-7-10(12)5-4-6-10/h8-9,11-12H,4-7H2,1-3H3. The van der Waals surface area contributed by atoms with E-state index in [1.807, 2.05) is 6.92 Å². The van der Waals surface area contributed by atoms with Crippen molar-refractivity contribution in [2.45, 2.75) is 44.1 Å². The quantitative estimate of drug-likeness (QED) is 0.617. The molecule has 1 aliphatic rings. The predicted octanol–water partition coefficient (Wildman–Crippen LogP) is 0.498. The van der Waals surface area contributed by atoms with E-state index < -0.39 is 5.60 Å². The molecule has 1 fully saturated rings. The molecule has 1 saturated carbocycles. The molecular weight excluding hydrogens is 182 g/mol. The molecule has 0 aromatic heterocycles. The van der Waals surface area contributed by atoms with Crippen LogP contribution in [0.5, 0.6) is 0 Å². The van der Waals surface area contributed by atoms with Gasteiger partial charge in [-0.2, -0.15) is 0 Å². The fraction of sp³-hybridized carbons (Fsp3) is 1.00. The molecule has 0 aromatic carbocycles. The Labute approximate surface area is 85.6 Å². The lowest BCUT2D eigenvalue weighted by Gasteiger charge is -2.38. The minimum atomic E-state index is -0.486. The maximum absolute atomic E-state index is 9.84. The summed E-state index contributed by atoms with van der Waals surface area (Å²) < 4.78 is 10.2. The Morgan fingerprint density at radius 3 is 2.29 bits per heavy atom. The van der Waals surface area contributed by atoms with E-state index in [9.17, 15) is 5.11 Å². The third-order valence-corrected chi connectivity index (χ3v) is 2.91. The summed E-state index contributed by atoms with van der Waals surface area (Å²) in [5, 5.41) is 13.1. The highest BCUT2D eigenvalue weighted by Gasteiger charge is 2.34. The van der Waals surface area contributed by atoms with Crippen LogP contribution >= 0.6 is 0 Å². The van der Waals surface area contributed by atoms with Gasteiger partial charge in [0.1, 0.15) is 0 Å². The number of rotatable bonds is 6. The van der Waals surface area contributed by atoms with Gasteiger partial charge in [0.25, 0.3) is 0 Å². The number of hydrogen-bond donors (Lipinski definition) is 2. The molecular formula is C10H21NO3. The highest BCUT2D eigenvalue weighted by atomic mass is 16.7. The summed E-state index contributed by atoms with van der Waals surface area (Å²) in [5.74, 6) is 0. The van der Waals surface area contributed by atoms with Gasteiger partial charge in [-0.1, -0.05) is 0 Å². The molecule has 1 unspecified atom stereocenters. The van der Waals surface area contributed by atoms with E-state index in [2.05, 4.69) is 5.32 Å². The molecule has 0 amide bonds. The van der Waals surface area contributed by atoms with Crippen LogP contribution in [-0.4, -0.2) is 43.8 Å². The number of ether oxygens (including phenoxy) is 2. The van der Waals surface area contributed by atoms with Crippen molar-refractivity contribution in [2.24, 2.45) is 0 Å². The summed E-state index contributed by atoms with van der Waals surface area (Å²) in [6.45, 7) is 2.61. The Morgan fingerprint density at radius 2 is 1.93 bits per heavy atom. The van der Waals surface area contributed by atoms with Crippen LogP contribution < -0.4 is 5.32 Å². The molecule has 0 heterocycles. The first kappa shape index (κ1) is 11.9. The molecule has 2 N–H and O–H groups in total. The molecule has 4 heteroatoms. The van der Waals surface area contributed by atoms with E-state index in [-0.39, 0.29) is 12.3 Å². The average molecular weight is 203 g/mol. The van der Waals surface area contributed by atoms with Crippen molar-refractivity contribution in [1.29, 1.82) is 0 Å². The van der Waals surface area contributed by atoms with Gasteiger partial charge in [0.05, 0.1) is 11.6 Å². The lowest BCUT2D eigenvalue weighted by Crippen LogP contribution is -2.51. The summed E-state index contributed by atoms with van der Waals surface area (Å²) >= 11 is 0. The topological polar surface area (TPSA) is 50.7 Å². The van der Waals surface area contributed by atoms with Gasteiger partial charge in [-0.05, 0) is 26.2 Å². The molecule has 0 spiro atoms. The molecule has 1 rings (SSSR count). The minimum absolute atomic E-state index is 0.0922. The maximum Gasteiger partial charge on any atom is 0.171 e. The van der Waals surface area contributed by atoms with Crippen LogP contribution in [0.15, 0.2) is 0 Å². The molecule has 0 saturated heterocycles. The van der Waals surface area contributed by atoms with Gasteiger partial charge < -0.3 is 19.9 Å². The van der Waals surface area contributed by atoms with Crippen molar-refractivity contribution in [3.63, 3.8) is 0 Å². The zero-order valence-corrected chi connectivity index (χ0v) is 9.25. The van der Waals surface area contributed by atoms with E-state index in [1.165, 1.54) is 0 Å². The first-order valence-electron chi connectivity index (χ1n) is 5.13. The summed E-state index contributed by atoms with van der Waals surface area (Å²) in [6, 6.07) is 0.0922. The summed E-state index contributed by atoms with van der Waals surface area (Å²) in [7, 11) is 3.23. The third kappa shape index (κ3) is 2.92. The van der Waals surface area contributed by atoms with Gasteiger partial charge in [-0.15, -0.1) is 0 Å². The monoisotopic (exact) mass is 203 g/mol. The van der Waals surface area contributed by atoms with Crippen LogP contribution in [0.2, 0.25) is 0 Å². The molecule has 0 aromatic rings. The lowest BCUT2D eigenvalue weighted by atomic mass is 9.80. The van der Waals surface area contributed by atoms with Crippen LogP contribution in [0.4, 0.5) is 0 Å². The summed E-state index contributed by atoms with van der Waals surface area (Å²) in [6.07, 6.45) is 2.68. The Morgan fingerprint density at radius 1 is 1.36 bits per heavy atom. The Bertz CT molecular complexity index is 167. The molecule has 0 bridgehead atoms. The van der Waals surface area contributed by atoms with Crippen molar-refractivity contribution in [3.05, 3.63) is 0 Å². The maximum atomic E-state index is 9.84. The second-order valence-electron chi connectivity index (χ2n) is 4.09. The smallest absolute Gasteiger partial charge is 0.171 e. The van der Waals surface area contributed by atoms with Crippen LogP contribution in [0.1, 0.15) is 26.2 Å². The first-order chi connectivity index (χ1) is 6.61. The Kier molecular flexibility index (Phi) is 4.31. The van der Waals surface area contributed by atoms with Crippen molar-refractivity contribution < 1.29 is 14.6 Å². The third-order valence-electron chi connectivity index (χ3n) is 2.91. The number of hydrogen-bond acceptors (Lipinski definition) is 4. The van der Waals surface area contributed by atoms with E-state index >= 15 is 0 Å². The highest BCUT2D eigenvalue weighted by molar-refractivity contribution is 4.90. The van der Waals surface area contributed by atoms with Crippen LogP contribution in [0.3, 0.4) is 0 Å². The van der Waals surface area contributed by atoms with E-state index in [0.29, 0.717) is 6.54 Å². The molecule has 84 valence electrons. The normalized spacial score (nSPS) is 22.1. The zero-order valence-electron chi connectivity index (χ0n) is 9.25. The van der Waals surface area contributed by atoms with Crippen molar-refractivity contribution in [3.8, 4) is 0 Å². The fourth-order valence-corrected chi connectivity index (χ4v) is 1.71. The second kappa shape index (κ2) is 5.07. The Balaban J connectivity index is 2.22. The predicted molar refractivity (Wildman–Crippen MR) is 54.1 cm³/mol. The molecule has 0 radical (unpaired) electrons. The average Bonchev–Trinajstić information content (AvgIpc) is 2.13. The van der Waals surface area contributed by atoms with Gasteiger partial charge in [-0.25, -0.2) is 0 Å².